The van der Waals surface area contributed by atoms with E-state index in [1.54, 1.807) is 12.1 Å². The molecule has 0 atom stereocenters. The van der Waals surface area contributed by atoms with Gasteiger partial charge in [0, 0.05) is 17.1 Å². The zero-order chi connectivity index (χ0) is 25.9. The number of barbiturate groups is 1. The van der Waals surface area contributed by atoms with Crippen LogP contribution in [0.4, 0.5) is 4.79 Å². The summed E-state index contributed by atoms with van der Waals surface area (Å²) in [6.07, 6.45) is 2.98. The van der Waals surface area contributed by atoms with E-state index >= 15 is 0 Å². The number of rotatable bonds is 7. The number of imide groups is 2. The highest BCUT2D eigenvalue weighted by Crippen LogP contribution is 2.26. The number of aryl methyl sites for hydroxylation is 1. The molecule has 0 spiro atoms. The first kappa shape index (κ1) is 23.9. The lowest BCUT2D eigenvalue weighted by Crippen LogP contribution is -2.53. The fraction of sp³-hybridized carbons (Fsp3) is 0.138. The van der Waals surface area contributed by atoms with Crippen molar-refractivity contribution in [2.75, 3.05) is 0 Å². The first-order valence-electron chi connectivity index (χ1n) is 11.8. The number of aromatic nitrogens is 1. The molecule has 1 aliphatic heterocycles. The SMILES string of the molecule is Cc1cc(/C=C2\C(=O)NC(=O)N(Cc3ccco3)C2=O)c(C)n1-c1ccc(OCc2ccccc2)cc1. The predicted molar refractivity (Wildman–Crippen MR) is 137 cm³/mol. The van der Waals surface area contributed by atoms with E-state index in [1.807, 2.05) is 79.1 Å². The molecule has 1 saturated heterocycles. The first-order valence-corrected chi connectivity index (χ1v) is 11.8. The van der Waals surface area contributed by atoms with Gasteiger partial charge in [0.25, 0.3) is 11.8 Å². The summed E-state index contributed by atoms with van der Waals surface area (Å²) >= 11 is 0. The molecule has 0 saturated carbocycles. The van der Waals surface area contributed by atoms with Crippen LogP contribution in [-0.2, 0) is 22.7 Å². The second-order valence-corrected chi connectivity index (χ2v) is 8.72. The molecule has 4 amide bonds. The largest absolute Gasteiger partial charge is 0.489 e. The summed E-state index contributed by atoms with van der Waals surface area (Å²) in [5.41, 5.74) is 4.36. The summed E-state index contributed by atoms with van der Waals surface area (Å²) < 4.78 is 13.2. The van der Waals surface area contributed by atoms with Gasteiger partial charge in [-0.15, -0.1) is 0 Å². The Kier molecular flexibility index (Phi) is 6.47. The van der Waals surface area contributed by atoms with Crippen LogP contribution >= 0.6 is 0 Å². The van der Waals surface area contributed by atoms with E-state index in [-0.39, 0.29) is 12.1 Å². The Hall–Kier alpha value is -4.85. The van der Waals surface area contributed by atoms with E-state index in [0.29, 0.717) is 17.9 Å². The van der Waals surface area contributed by atoms with Crippen LogP contribution in [0.3, 0.4) is 0 Å². The molecule has 0 unspecified atom stereocenters. The average Bonchev–Trinajstić information content (AvgIpc) is 3.51. The Bertz CT molecular complexity index is 1480. The summed E-state index contributed by atoms with van der Waals surface area (Å²) in [6.45, 7) is 4.27. The Balaban J connectivity index is 1.37. The third-order valence-corrected chi connectivity index (χ3v) is 6.19. The quantitative estimate of drug-likeness (QED) is 0.290. The Morgan fingerprint density at radius 3 is 2.41 bits per heavy atom. The van der Waals surface area contributed by atoms with Gasteiger partial charge in [0.1, 0.15) is 23.7 Å². The first-order chi connectivity index (χ1) is 17.9. The lowest BCUT2D eigenvalue weighted by Gasteiger charge is -2.25. The Morgan fingerprint density at radius 1 is 0.946 bits per heavy atom. The molecule has 4 aromatic rings. The molecule has 2 aromatic heterocycles. The van der Waals surface area contributed by atoms with Crippen molar-refractivity contribution in [2.45, 2.75) is 27.0 Å². The predicted octanol–water partition coefficient (Wildman–Crippen LogP) is 4.93. The zero-order valence-corrected chi connectivity index (χ0v) is 20.4. The average molecular weight is 496 g/mol. The molecule has 1 aliphatic rings. The van der Waals surface area contributed by atoms with Crippen LogP contribution in [0, 0.1) is 13.8 Å². The smallest absolute Gasteiger partial charge is 0.331 e. The molecule has 8 heteroatoms. The van der Waals surface area contributed by atoms with Gasteiger partial charge in [0.2, 0.25) is 0 Å². The number of benzene rings is 2. The number of nitrogens with zero attached hydrogens (tertiary/aromatic N) is 2. The molecule has 37 heavy (non-hydrogen) atoms. The van der Waals surface area contributed by atoms with Gasteiger partial charge < -0.3 is 13.7 Å². The van der Waals surface area contributed by atoms with Gasteiger partial charge >= 0.3 is 6.03 Å². The van der Waals surface area contributed by atoms with Crippen molar-refractivity contribution < 1.29 is 23.5 Å². The number of carbonyl (C=O) groups is 3. The summed E-state index contributed by atoms with van der Waals surface area (Å²) in [7, 11) is 0. The minimum absolute atomic E-state index is 0.0694. The van der Waals surface area contributed by atoms with Crippen molar-refractivity contribution in [3.05, 3.63) is 113 Å². The number of ether oxygens (including phenoxy) is 1. The minimum Gasteiger partial charge on any atom is -0.489 e. The summed E-state index contributed by atoms with van der Waals surface area (Å²) in [5.74, 6) is -0.208. The molecular weight excluding hydrogens is 470 g/mol. The van der Waals surface area contributed by atoms with Crippen molar-refractivity contribution in [3.8, 4) is 11.4 Å². The van der Waals surface area contributed by atoms with E-state index in [9.17, 15) is 14.4 Å². The molecule has 5 rings (SSSR count). The molecule has 186 valence electrons. The molecule has 1 N–H and O–H groups in total. The number of nitrogens with one attached hydrogen (secondary N) is 1. The van der Waals surface area contributed by atoms with Gasteiger partial charge in [0.15, 0.2) is 0 Å². The number of hydrogen-bond acceptors (Lipinski definition) is 5. The summed E-state index contributed by atoms with van der Waals surface area (Å²) in [6, 6.07) is 22.1. The molecule has 0 bridgehead atoms. The van der Waals surface area contributed by atoms with Crippen LogP contribution < -0.4 is 10.1 Å². The van der Waals surface area contributed by atoms with E-state index in [0.717, 1.165) is 33.3 Å². The van der Waals surface area contributed by atoms with Crippen LogP contribution in [0.15, 0.2) is 89.0 Å². The van der Waals surface area contributed by atoms with Crippen LogP contribution in [0.2, 0.25) is 0 Å². The highest BCUT2D eigenvalue weighted by atomic mass is 16.5. The molecular formula is C29H25N3O5. The fourth-order valence-electron chi connectivity index (χ4n) is 4.31. The Labute approximate surface area is 213 Å². The van der Waals surface area contributed by atoms with Crippen LogP contribution in [0.1, 0.15) is 28.3 Å². The highest BCUT2D eigenvalue weighted by Gasteiger charge is 2.36. The van der Waals surface area contributed by atoms with Crippen LogP contribution in [0.25, 0.3) is 11.8 Å². The number of carbonyl (C=O) groups excluding carboxylic acids is 3. The lowest BCUT2D eigenvalue weighted by atomic mass is 10.1. The number of amides is 4. The van der Waals surface area contributed by atoms with E-state index in [2.05, 4.69) is 5.32 Å². The Morgan fingerprint density at radius 2 is 1.70 bits per heavy atom. The molecule has 2 aromatic carbocycles. The monoisotopic (exact) mass is 495 g/mol. The van der Waals surface area contributed by atoms with Crippen molar-refractivity contribution in [1.82, 2.24) is 14.8 Å². The van der Waals surface area contributed by atoms with Crippen molar-refractivity contribution >= 4 is 23.9 Å². The molecule has 0 aliphatic carbocycles. The molecule has 8 nitrogen and oxygen atoms in total. The third kappa shape index (κ3) is 4.95. The zero-order valence-electron chi connectivity index (χ0n) is 20.4. The number of furan rings is 1. The van der Waals surface area contributed by atoms with Crippen LogP contribution in [-0.4, -0.2) is 27.3 Å². The van der Waals surface area contributed by atoms with Gasteiger partial charge in [-0.3, -0.25) is 19.8 Å². The second-order valence-electron chi connectivity index (χ2n) is 8.72. The van der Waals surface area contributed by atoms with E-state index < -0.39 is 17.8 Å². The van der Waals surface area contributed by atoms with Gasteiger partial charge in [-0.2, -0.15) is 0 Å². The standard InChI is InChI=1S/C29H25N3O5/c1-19-15-22(16-26-27(33)30-29(35)31(28(26)34)17-25-9-6-14-36-25)20(2)32(19)23-10-12-24(13-11-23)37-18-21-7-4-3-5-8-21/h3-16H,17-18H2,1-2H3,(H,30,33,35)/b26-16+. The van der Waals surface area contributed by atoms with Gasteiger partial charge in [-0.25, -0.2) is 4.79 Å². The van der Waals surface area contributed by atoms with Gasteiger partial charge in [0.05, 0.1) is 12.8 Å². The maximum absolute atomic E-state index is 13.1. The molecule has 0 radical (unpaired) electrons. The third-order valence-electron chi connectivity index (χ3n) is 6.19. The van der Waals surface area contributed by atoms with E-state index in [4.69, 9.17) is 9.15 Å². The molecule has 1 fully saturated rings. The fourth-order valence-corrected chi connectivity index (χ4v) is 4.31. The normalized spacial score (nSPS) is 14.8. The van der Waals surface area contributed by atoms with Crippen molar-refractivity contribution in [3.63, 3.8) is 0 Å². The van der Waals surface area contributed by atoms with E-state index in [1.165, 1.54) is 12.3 Å². The van der Waals surface area contributed by atoms with Crippen molar-refractivity contribution in [2.24, 2.45) is 0 Å². The second kappa shape index (κ2) is 10.0. The van der Waals surface area contributed by atoms with Gasteiger partial charge in [-0.05, 0) is 73.5 Å². The van der Waals surface area contributed by atoms with Gasteiger partial charge in [-0.1, -0.05) is 30.3 Å². The number of hydrogen-bond donors (Lipinski definition) is 1. The van der Waals surface area contributed by atoms with Crippen LogP contribution in [0.5, 0.6) is 5.75 Å². The maximum atomic E-state index is 13.1. The van der Waals surface area contributed by atoms with Crippen molar-refractivity contribution in [1.29, 1.82) is 0 Å². The molecule has 3 heterocycles. The maximum Gasteiger partial charge on any atom is 0.331 e. The lowest BCUT2D eigenvalue weighted by molar-refractivity contribution is -0.130. The minimum atomic E-state index is -0.774. The highest BCUT2D eigenvalue weighted by molar-refractivity contribution is 6.31. The summed E-state index contributed by atoms with van der Waals surface area (Å²) in [5, 5.41) is 2.24. The topological polar surface area (TPSA) is 93.8 Å². The summed E-state index contributed by atoms with van der Waals surface area (Å²) in [4.78, 5) is 38.9. The number of urea groups is 1.